The first-order chi connectivity index (χ1) is 13.5. The van der Waals surface area contributed by atoms with Gasteiger partial charge >= 0.3 is 0 Å². The first kappa shape index (κ1) is 20.6. The van der Waals surface area contributed by atoms with Crippen LogP contribution in [-0.4, -0.2) is 49.7 Å². The van der Waals surface area contributed by atoms with Gasteiger partial charge in [-0.2, -0.15) is 0 Å². The van der Waals surface area contributed by atoms with Crippen LogP contribution in [0.15, 0.2) is 40.8 Å². The van der Waals surface area contributed by atoms with Gasteiger partial charge < -0.3 is 14.5 Å². The summed E-state index contributed by atoms with van der Waals surface area (Å²) >= 11 is 0. The average Bonchev–Trinajstić information content (AvgIpc) is 3.16. The van der Waals surface area contributed by atoms with E-state index in [9.17, 15) is 9.18 Å². The molecule has 0 aliphatic carbocycles. The molecule has 28 heavy (non-hydrogen) atoms. The Morgan fingerprint density at radius 1 is 1.18 bits per heavy atom. The number of nitrogens with zero attached hydrogens (tertiary/aromatic N) is 1. The lowest BCUT2D eigenvalue weighted by Crippen LogP contribution is -2.51. The molecule has 1 amide bonds. The summed E-state index contributed by atoms with van der Waals surface area (Å²) in [6, 6.07) is 10.4. The molecule has 2 aromatic rings. The smallest absolute Gasteiger partial charge is 0.220 e. The summed E-state index contributed by atoms with van der Waals surface area (Å²) in [6.45, 7) is 8.31. The average molecular weight is 388 g/mol. The Bertz CT molecular complexity index is 769. The third-order valence-electron chi connectivity index (χ3n) is 5.19. The zero-order valence-electron chi connectivity index (χ0n) is 16.6. The molecular weight excluding hydrogens is 359 g/mol. The number of aryl methyl sites for hydroxylation is 1. The molecule has 0 radical (unpaired) electrons. The molecule has 1 aromatic carbocycles. The third kappa shape index (κ3) is 5.42. The summed E-state index contributed by atoms with van der Waals surface area (Å²) < 4.78 is 25.0. The summed E-state index contributed by atoms with van der Waals surface area (Å²) in [6.07, 6.45) is 0.836. The predicted octanol–water partition coefficient (Wildman–Crippen LogP) is 3.49. The van der Waals surface area contributed by atoms with Crippen LogP contribution in [0.3, 0.4) is 0 Å². The van der Waals surface area contributed by atoms with Crippen molar-refractivity contribution in [3.63, 3.8) is 0 Å². The highest BCUT2D eigenvalue weighted by atomic mass is 19.1. The second-order valence-electron chi connectivity index (χ2n) is 7.51. The SMILES string of the molecule is CC(C)C(CNC(=O)CCc1ccc(-c2ccccc2F)o1)N1CCOCC1. The predicted molar refractivity (Wildman–Crippen MR) is 106 cm³/mol. The first-order valence-corrected chi connectivity index (χ1v) is 9.96. The highest BCUT2D eigenvalue weighted by molar-refractivity contribution is 5.76. The van der Waals surface area contributed by atoms with Crippen LogP contribution in [0.1, 0.15) is 26.0 Å². The molecule has 1 unspecified atom stereocenters. The Morgan fingerprint density at radius 2 is 1.93 bits per heavy atom. The van der Waals surface area contributed by atoms with Crippen LogP contribution < -0.4 is 5.32 Å². The number of rotatable bonds is 8. The van der Waals surface area contributed by atoms with E-state index in [1.807, 2.05) is 0 Å². The number of carbonyl (C=O) groups is 1. The largest absolute Gasteiger partial charge is 0.461 e. The van der Waals surface area contributed by atoms with Crippen LogP contribution >= 0.6 is 0 Å². The lowest BCUT2D eigenvalue weighted by atomic mass is 10.0. The minimum Gasteiger partial charge on any atom is -0.461 e. The number of hydrogen-bond donors (Lipinski definition) is 1. The normalized spacial score (nSPS) is 16.3. The lowest BCUT2D eigenvalue weighted by Gasteiger charge is -2.36. The van der Waals surface area contributed by atoms with Crippen molar-refractivity contribution in [2.24, 2.45) is 5.92 Å². The molecule has 1 aliphatic heterocycles. The number of nitrogens with one attached hydrogen (secondary N) is 1. The van der Waals surface area contributed by atoms with E-state index >= 15 is 0 Å². The van der Waals surface area contributed by atoms with Gasteiger partial charge in [-0.3, -0.25) is 9.69 Å². The minimum atomic E-state index is -0.316. The molecule has 1 aliphatic rings. The molecule has 1 fully saturated rings. The van der Waals surface area contributed by atoms with Crippen molar-refractivity contribution in [2.45, 2.75) is 32.7 Å². The Balaban J connectivity index is 1.48. The number of amides is 1. The Morgan fingerprint density at radius 3 is 2.64 bits per heavy atom. The van der Waals surface area contributed by atoms with E-state index in [1.165, 1.54) is 6.07 Å². The molecule has 1 saturated heterocycles. The van der Waals surface area contributed by atoms with Crippen molar-refractivity contribution >= 4 is 5.91 Å². The van der Waals surface area contributed by atoms with Crippen molar-refractivity contribution in [1.82, 2.24) is 10.2 Å². The van der Waals surface area contributed by atoms with Gasteiger partial charge in [-0.05, 0) is 30.2 Å². The minimum absolute atomic E-state index is 0.00255. The van der Waals surface area contributed by atoms with Gasteiger partial charge in [0.25, 0.3) is 0 Å². The maximum absolute atomic E-state index is 13.9. The number of ether oxygens (including phenoxy) is 1. The summed E-state index contributed by atoms with van der Waals surface area (Å²) in [5.74, 6) is 1.31. The number of furan rings is 1. The zero-order chi connectivity index (χ0) is 19.9. The second-order valence-corrected chi connectivity index (χ2v) is 7.51. The van der Waals surface area contributed by atoms with Crippen molar-refractivity contribution in [3.05, 3.63) is 48.0 Å². The molecule has 2 heterocycles. The Hall–Kier alpha value is -2.18. The standard InChI is InChI=1S/C22H29FN2O3/c1-16(2)20(25-11-13-27-14-12-25)15-24-22(26)10-8-17-7-9-21(28-17)18-5-3-4-6-19(18)23/h3-7,9,16,20H,8,10-15H2,1-2H3,(H,24,26). The van der Waals surface area contributed by atoms with Crippen LogP contribution in [-0.2, 0) is 16.0 Å². The van der Waals surface area contributed by atoms with Gasteiger partial charge in [0.1, 0.15) is 17.3 Å². The molecule has 0 bridgehead atoms. The van der Waals surface area contributed by atoms with Gasteiger partial charge in [-0.15, -0.1) is 0 Å². The zero-order valence-corrected chi connectivity index (χ0v) is 16.6. The monoisotopic (exact) mass is 388 g/mol. The maximum Gasteiger partial charge on any atom is 0.220 e. The molecule has 1 atom stereocenters. The van der Waals surface area contributed by atoms with Crippen LogP contribution in [0.4, 0.5) is 4.39 Å². The highest BCUT2D eigenvalue weighted by Crippen LogP contribution is 2.25. The van der Waals surface area contributed by atoms with E-state index in [4.69, 9.17) is 9.15 Å². The molecule has 6 heteroatoms. The fourth-order valence-electron chi connectivity index (χ4n) is 3.56. The van der Waals surface area contributed by atoms with Crippen molar-refractivity contribution in [1.29, 1.82) is 0 Å². The fraction of sp³-hybridized carbons (Fsp3) is 0.500. The molecule has 0 spiro atoms. The molecule has 152 valence electrons. The molecule has 0 saturated carbocycles. The molecular formula is C22H29FN2O3. The first-order valence-electron chi connectivity index (χ1n) is 9.96. The van der Waals surface area contributed by atoms with E-state index in [2.05, 4.69) is 24.1 Å². The summed E-state index contributed by atoms with van der Waals surface area (Å²) in [4.78, 5) is 14.7. The summed E-state index contributed by atoms with van der Waals surface area (Å²) in [7, 11) is 0. The van der Waals surface area contributed by atoms with Gasteiger partial charge in [-0.25, -0.2) is 4.39 Å². The van der Waals surface area contributed by atoms with Crippen LogP contribution in [0.2, 0.25) is 0 Å². The number of morpholine rings is 1. The van der Waals surface area contributed by atoms with E-state index in [0.29, 0.717) is 48.4 Å². The van der Waals surface area contributed by atoms with E-state index in [1.54, 1.807) is 30.3 Å². The number of halogens is 1. The van der Waals surface area contributed by atoms with Gasteiger partial charge in [0, 0.05) is 38.5 Å². The highest BCUT2D eigenvalue weighted by Gasteiger charge is 2.24. The molecule has 1 aromatic heterocycles. The second kappa shape index (κ2) is 9.85. The van der Waals surface area contributed by atoms with E-state index in [0.717, 1.165) is 26.3 Å². The molecule has 3 rings (SSSR count). The molecule has 5 nitrogen and oxygen atoms in total. The van der Waals surface area contributed by atoms with Crippen molar-refractivity contribution < 1.29 is 18.3 Å². The van der Waals surface area contributed by atoms with E-state index in [-0.39, 0.29) is 11.7 Å². The summed E-state index contributed by atoms with van der Waals surface area (Å²) in [5.41, 5.74) is 0.434. The van der Waals surface area contributed by atoms with Gasteiger partial charge in [-0.1, -0.05) is 26.0 Å². The fourth-order valence-corrected chi connectivity index (χ4v) is 3.56. The lowest BCUT2D eigenvalue weighted by molar-refractivity contribution is -0.121. The number of carbonyl (C=O) groups excluding carboxylic acids is 1. The van der Waals surface area contributed by atoms with Gasteiger partial charge in [0.2, 0.25) is 5.91 Å². The summed E-state index contributed by atoms with van der Waals surface area (Å²) in [5, 5.41) is 3.06. The van der Waals surface area contributed by atoms with Crippen molar-refractivity contribution in [3.8, 4) is 11.3 Å². The Kier molecular flexibility index (Phi) is 7.23. The third-order valence-corrected chi connectivity index (χ3v) is 5.19. The maximum atomic E-state index is 13.9. The van der Waals surface area contributed by atoms with Crippen LogP contribution in [0.25, 0.3) is 11.3 Å². The van der Waals surface area contributed by atoms with Crippen LogP contribution in [0.5, 0.6) is 0 Å². The quantitative estimate of drug-likeness (QED) is 0.752. The van der Waals surface area contributed by atoms with E-state index < -0.39 is 0 Å². The number of benzene rings is 1. The van der Waals surface area contributed by atoms with Gasteiger partial charge in [0.15, 0.2) is 0 Å². The van der Waals surface area contributed by atoms with Crippen LogP contribution in [0, 0.1) is 11.7 Å². The van der Waals surface area contributed by atoms with Gasteiger partial charge in [0.05, 0.1) is 18.8 Å². The topological polar surface area (TPSA) is 54.7 Å². The number of hydrogen-bond acceptors (Lipinski definition) is 4. The Labute approximate surface area is 165 Å². The van der Waals surface area contributed by atoms with Crippen molar-refractivity contribution in [2.75, 3.05) is 32.8 Å². The molecule has 1 N–H and O–H groups in total.